The Kier molecular flexibility index (Phi) is 5.43. The van der Waals surface area contributed by atoms with Crippen LogP contribution in [0.25, 0.3) is 0 Å². The van der Waals surface area contributed by atoms with Crippen LogP contribution in [0.1, 0.15) is 26.3 Å². The fourth-order valence-electron chi connectivity index (χ4n) is 2.41. The van der Waals surface area contributed by atoms with E-state index in [-0.39, 0.29) is 11.8 Å². The van der Waals surface area contributed by atoms with E-state index in [0.717, 1.165) is 10.0 Å². The lowest BCUT2D eigenvalue weighted by Gasteiger charge is -2.11. The van der Waals surface area contributed by atoms with Gasteiger partial charge in [0.25, 0.3) is 11.8 Å². The maximum absolute atomic E-state index is 12.5. The van der Waals surface area contributed by atoms with Crippen LogP contribution in [0.2, 0.25) is 0 Å². The molecule has 130 valence electrons. The molecule has 0 saturated heterocycles. The second-order valence-electron chi connectivity index (χ2n) is 5.69. The summed E-state index contributed by atoms with van der Waals surface area (Å²) in [5.41, 5.74) is 2.99. The first-order valence-corrected chi connectivity index (χ1v) is 8.71. The summed E-state index contributed by atoms with van der Waals surface area (Å²) in [6, 6.07) is 15.8. The monoisotopic (exact) mass is 409 g/mol. The van der Waals surface area contributed by atoms with Crippen LogP contribution in [0.15, 0.2) is 71.5 Å². The molecule has 3 rings (SSSR count). The van der Waals surface area contributed by atoms with Crippen molar-refractivity contribution in [2.75, 3.05) is 10.6 Å². The molecule has 0 unspecified atom stereocenters. The lowest BCUT2D eigenvalue weighted by molar-refractivity contribution is 0.101. The van der Waals surface area contributed by atoms with Crippen molar-refractivity contribution < 1.29 is 9.59 Å². The molecule has 0 aliphatic rings. The second kappa shape index (κ2) is 7.93. The van der Waals surface area contributed by atoms with Crippen LogP contribution in [-0.4, -0.2) is 16.8 Å². The number of benzene rings is 2. The SMILES string of the molecule is Cc1ccc(NC(=O)c2cccc(Br)c2)cc1C(=O)Nc1cccnc1. The zero-order chi connectivity index (χ0) is 18.5. The molecule has 2 aromatic carbocycles. The number of nitrogens with one attached hydrogen (secondary N) is 2. The van der Waals surface area contributed by atoms with Crippen molar-refractivity contribution in [3.63, 3.8) is 0 Å². The first kappa shape index (κ1) is 17.8. The minimum absolute atomic E-state index is 0.242. The van der Waals surface area contributed by atoms with Crippen LogP contribution >= 0.6 is 15.9 Å². The summed E-state index contributed by atoms with van der Waals surface area (Å²) < 4.78 is 0.825. The van der Waals surface area contributed by atoms with Gasteiger partial charge in [0.15, 0.2) is 0 Å². The van der Waals surface area contributed by atoms with Crippen LogP contribution in [0, 0.1) is 6.92 Å². The van der Waals surface area contributed by atoms with Crippen molar-refractivity contribution in [1.29, 1.82) is 0 Å². The third-order valence-electron chi connectivity index (χ3n) is 3.75. The molecule has 0 saturated carbocycles. The van der Waals surface area contributed by atoms with E-state index in [0.29, 0.717) is 22.5 Å². The summed E-state index contributed by atoms with van der Waals surface area (Å²) in [4.78, 5) is 28.9. The maximum atomic E-state index is 12.5. The molecule has 1 aromatic heterocycles. The van der Waals surface area contributed by atoms with Gasteiger partial charge in [0.1, 0.15) is 0 Å². The van der Waals surface area contributed by atoms with Crippen molar-refractivity contribution in [2.45, 2.75) is 6.92 Å². The average Bonchev–Trinajstić information content (AvgIpc) is 2.64. The summed E-state index contributed by atoms with van der Waals surface area (Å²) in [6.07, 6.45) is 3.21. The third-order valence-corrected chi connectivity index (χ3v) is 4.24. The van der Waals surface area contributed by atoms with Gasteiger partial charge in [-0.25, -0.2) is 0 Å². The molecule has 0 aliphatic heterocycles. The maximum Gasteiger partial charge on any atom is 0.256 e. The summed E-state index contributed by atoms with van der Waals surface area (Å²) in [5, 5.41) is 5.62. The average molecular weight is 410 g/mol. The number of amides is 2. The van der Waals surface area contributed by atoms with E-state index in [1.165, 1.54) is 0 Å². The van der Waals surface area contributed by atoms with Crippen LogP contribution in [0.5, 0.6) is 0 Å². The molecule has 0 fully saturated rings. The van der Waals surface area contributed by atoms with E-state index in [4.69, 9.17) is 0 Å². The number of carbonyl (C=O) groups excluding carboxylic acids is 2. The molecule has 1 heterocycles. The van der Waals surface area contributed by atoms with Gasteiger partial charge in [-0.2, -0.15) is 0 Å². The zero-order valence-corrected chi connectivity index (χ0v) is 15.6. The van der Waals surface area contributed by atoms with Crippen molar-refractivity contribution in [2.24, 2.45) is 0 Å². The Morgan fingerprint density at radius 2 is 1.73 bits per heavy atom. The quantitative estimate of drug-likeness (QED) is 0.658. The van der Waals surface area contributed by atoms with Gasteiger partial charge in [-0.1, -0.05) is 28.1 Å². The minimum Gasteiger partial charge on any atom is -0.322 e. The molecule has 0 spiro atoms. The van der Waals surface area contributed by atoms with Gasteiger partial charge in [-0.05, 0) is 55.0 Å². The normalized spacial score (nSPS) is 10.2. The highest BCUT2D eigenvalue weighted by molar-refractivity contribution is 9.10. The third kappa shape index (κ3) is 4.34. The molecular weight excluding hydrogens is 394 g/mol. The first-order chi connectivity index (χ1) is 12.5. The predicted octanol–water partition coefficient (Wildman–Crippen LogP) is 4.66. The predicted molar refractivity (Wildman–Crippen MR) is 105 cm³/mol. The molecule has 2 amide bonds. The Labute approximate surface area is 159 Å². The number of aromatic nitrogens is 1. The van der Waals surface area contributed by atoms with E-state index in [2.05, 4.69) is 31.5 Å². The molecule has 3 aromatic rings. The van der Waals surface area contributed by atoms with Gasteiger partial charge in [-0.3, -0.25) is 14.6 Å². The van der Waals surface area contributed by atoms with Crippen LogP contribution in [-0.2, 0) is 0 Å². The molecule has 0 bridgehead atoms. The zero-order valence-electron chi connectivity index (χ0n) is 14.0. The fraction of sp³-hybridized carbons (Fsp3) is 0.0500. The summed E-state index contributed by atoms with van der Waals surface area (Å²) >= 11 is 3.35. The molecule has 0 aliphatic carbocycles. The number of pyridine rings is 1. The standard InChI is InChI=1S/C20H16BrN3O2/c1-13-7-8-16(23-19(25)14-4-2-5-15(21)10-14)11-18(13)20(26)24-17-6-3-9-22-12-17/h2-12H,1H3,(H,23,25)(H,24,26). The minimum atomic E-state index is -0.256. The highest BCUT2D eigenvalue weighted by Gasteiger charge is 2.12. The summed E-state index contributed by atoms with van der Waals surface area (Å²) in [6.45, 7) is 1.85. The highest BCUT2D eigenvalue weighted by atomic mass is 79.9. The number of rotatable bonds is 4. The van der Waals surface area contributed by atoms with Crippen LogP contribution < -0.4 is 10.6 Å². The van der Waals surface area contributed by atoms with Gasteiger partial charge >= 0.3 is 0 Å². The Bertz CT molecular complexity index is 958. The molecule has 5 nitrogen and oxygen atoms in total. The molecule has 2 N–H and O–H groups in total. The van der Waals surface area contributed by atoms with Gasteiger partial charge in [-0.15, -0.1) is 0 Å². The Hall–Kier alpha value is -2.99. The Morgan fingerprint density at radius 1 is 0.923 bits per heavy atom. The molecule has 0 atom stereocenters. The Morgan fingerprint density at radius 3 is 2.46 bits per heavy atom. The highest BCUT2D eigenvalue weighted by Crippen LogP contribution is 2.19. The van der Waals surface area contributed by atoms with Crippen molar-refractivity contribution >= 4 is 39.1 Å². The summed E-state index contributed by atoms with van der Waals surface area (Å²) in [7, 11) is 0. The number of aryl methyl sites for hydroxylation is 1. The van der Waals surface area contributed by atoms with Gasteiger partial charge in [0.2, 0.25) is 0 Å². The number of hydrogen-bond donors (Lipinski definition) is 2. The van der Waals surface area contributed by atoms with Crippen molar-refractivity contribution in [1.82, 2.24) is 4.98 Å². The molecule has 26 heavy (non-hydrogen) atoms. The van der Waals surface area contributed by atoms with Crippen LogP contribution in [0.4, 0.5) is 11.4 Å². The summed E-state index contributed by atoms with van der Waals surface area (Å²) in [5.74, 6) is -0.497. The number of hydrogen-bond acceptors (Lipinski definition) is 3. The Balaban J connectivity index is 1.79. The number of anilines is 2. The largest absolute Gasteiger partial charge is 0.322 e. The topological polar surface area (TPSA) is 71.1 Å². The van der Waals surface area contributed by atoms with Gasteiger partial charge in [0, 0.05) is 27.5 Å². The van der Waals surface area contributed by atoms with E-state index >= 15 is 0 Å². The smallest absolute Gasteiger partial charge is 0.256 e. The van der Waals surface area contributed by atoms with E-state index in [1.807, 2.05) is 13.0 Å². The lowest BCUT2D eigenvalue weighted by Crippen LogP contribution is -2.16. The van der Waals surface area contributed by atoms with Gasteiger partial charge in [0.05, 0.1) is 11.9 Å². The van der Waals surface area contributed by atoms with Crippen molar-refractivity contribution in [3.8, 4) is 0 Å². The first-order valence-electron chi connectivity index (χ1n) is 7.92. The molecular formula is C20H16BrN3O2. The number of halogens is 1. The van der Waals surface area contributed by atoms with E-state index in [9.17, 15) is 9.59 Å². The van der Waals surface area contributed by atoms with E-state index < -0.39 is 0 Å². The number of carbonyl (C=O) groups is 2. The fourth-order valence-corrected chi connectivity index (χ4v) is 2.81. The number of nitrogens with zero attached hydrogens (tertiary/aromatic N) is 1. The molecule has 0 radical (unpaired) electrons. The van der Waals surface area contributed by atoms with Crippen LogP contribution in [0.3, 0.4) is 0 Å². The molecule has 6 heteroatoms. The van der Waals surface area contributed by atoms with E-state index in [1.54, 1.807) is 60.9 Å². The second-order valence-corrected chi connectivity index (χ2v) is 6.61. The van der Waals surface area contributed by atoms with Gasteiger partial charge < -0.3 is 10.6 Å². The lowest BCUT2D eigenvalue weighted by atomic mass is 10.1. The van der Waals surface area contributed by atoms with Crippen molar-refractivity contribution in [3.05, 3.63) is 88.2 Å².